The van der Waals surface area contributed by atoms with Gasteiger partial charge < -0.3 is 136 Å². The number of amides is 17. The number of benzene rings is 4. The lowest BCUT2D eigenvalue weighted by atomic mass is 10.0. The molecule has 3 aliphatic rings. The lowest BCUT2D eigenvalue weighted by molar-refractivity contribution is -0.150. The van der Waals surface area contributed by atoms with Gasteiger partial charge in [-0.15, -0.1) is 11.8 Å². The Balaban J connectivity index is 1.10. The number of aliphatic hydroxyl groups is 2. The van der Waals surface area contributed by atoms with Crippen molar-refractivity contribution in [2.45, 2.75) is 201 Å². The Bertz CT molecular complexity index is 5290. The number of carbonyl (C=O) groups is 18. The van der Waals surface area contributed by atoms with Crippen LogP contribution in [-0.4, -0.2) is 331 Å². The van der Waals surface area contributed by atoms with Crippen LogP contribution in [0.5, 0.6) is 11.5 Å². The number of aromatic amines is 2. The Morgan fingerprint density at radius 3 is 1.74 bits per heavy atom. The number of carbonyl (C=O) groups excluding carboxylic acids is 17. The molecule has 6 aromatic rings. The average Bonchev–Trinajstić information content (AvgIpc) is 1.63. The zero-order valence-electron chi connectivity index (χ0n) is 75.8. The molecule has 15 atom stereocenters. The molecule has 9 rings (SSSR count). The van der Waals surface area contributed by atoms with Gasteiger partial charge in [-0.2, -0.15) is 0 Å². The summed E-state index contributed by atoms with van der Waals surface area (Å²) in [5, 5.41) is 69.5. The zero-order valence-corrected chi connectivity index (χ0v) is 76.6. The number of nitrogens with zero attached hydrogens (tertiary/aromatic N) is 5. The van der Waals surface area contributed by atoms with Gasteiger partial charge in [0.25, 0.3) is 0 Å². The van der Waals surface area contributed by atoms with Crippen LogP contribution in [0.2, 0.25) is 0 Å². The fourth-order valence-corrected chi connectivity index (χ4v) is 17.1. The number of unbranched alkanes of at least 4 members (excludes halogenated alkanes) is 1. The minimum atomic E-state index is -1.95. The number of fused-ring (bicyclic) bond motifs is 4. The number of aromatic nitrogens is 2. The number of carboxylic acids is 1. The number of aliphatic hydroxyl groups excluding tert-OH is 2. The summed E-state index contributed by atoms with van der Waals surface area (Å²) in [6.45, 7) is 0.717. The van der Waals surface area contributed by atoms with Crippen LogP contribution in [0.3, 0.4) is 0 Å². The summed E-state index contributed by atoms with van der Waals surface area (Å²) in [6, 6.07) is 3.16. The van der Waals surface area contributed by atoms with Crippen molar-refractivity contribution in [3.8, 4) is 11.5 Å². The van der Waals surface area contributed by atoms with E-state index in [1.807, 2.05) is 6.92 Å². The second-order valence-electron chi connectivity index (χ2n) is 33.7. The number of rotatable bonds is 25. The summed E-state index contributed by atoms with van der Waals surface area (Å²) in [4.78, 5) is 271. The van der Waals surface area contributed by atoms with E-state index in [2.05, 4.69) is 63.1 Å². The van der Waals surface area contributed by atoms with E-state index in [-0.39, 0.29) is 81.7 Å². The maximum atomic E-state index is 15.8. The first kappa shape index (κ1) is 105. The number of thioether (sulfide) groups is 1. The van der Waals surface area contributed by atoms with Crippen molar-refractivity contribution in [2.24, 2.45) is 22.9 Å². The number of aromatic hydroxyl groups is 1. The quantitative estimate of drug-likeness (QED) is 0.0257. The molecule has 0 unspecified atom stereocenters. The molecule has 5 heterocycles. The van der Waals surface area contributed by atoms with E-state index in [1.54, 1.807) is 92.1 Å². The fraction of sp³-hybridized carbons (Fsp3) is 0.489. The van der Waals surface area contributed by atoms with Gasteiger partial charge in [0, 0.05) is 125 Å². The van der Waals surface area contributed by atoms with E-state index in [1.165, 1.54) is 52.3 Å². The molecule has 24 N–H and O–H groups in total. The molecule has 730 valence electrons. The molecule has 2 aromatic heterocycles. The van der Waals surface area contributed by atoms with E-state index in [9.17, 15) is 73.2 Å². The number of nitrogens with one attached hydrogen (secondary N) is 12. The number of aryl methyl sites for hydroxylation is 1. The van der Waals surface area contributed by atoms with E-state index in [4.69, 9.17) is 27.7 Å². The highest BCUT2D eigenvalue weighted by Crippen LogP contribution is 2.28. The zero-order chi connectivity index (χ0) is 98.6. The second-order valence-corrected chi connectivity index (χ2v) is 34.8. The van der Waals surface area contributed by atoms with E-state index in [0.29, 0.717) is 44.9 Å². The highest BCUT2D eigenvalue weighted by atomic mass is 32.2. The Kier molecular flexibility index (Phi) is 38.7. The molecule has 0 radical (unpaired) electrons. The van der Waals surface area contributed by atoms with Crippen molar-refractivity contribution in [3.05, 3.63) is 132 Å². The number of H-pyrrole nitrogens is 2. The van der Waals surface area contributed by atoms with Crippen LogP contribution in [0.15, 0.2) is 109 Å². The maximum absolute atomic E-state index is 15.8. The molecule has 3 saturated heterocycles. The van der Waals surface area contributed by atoms with Crippen LogP contribution in [-0.2, 0) is 106 Å². The number of carboxylic acid groups (broad SMARTS) is 1. The second kappa shape index (κ2) is 49.8. The molecule has 3 fully saturated rings. The van der Waals surface area contributed by atoms with Crippen molar-refractivity contribution >= 4 is 140 Å². The third-order valence-corrected chi connectivity index (χ3v) is 24.9. The fourth-order valence-electron chi connectivity index (χ4n) is 16.2. The van der Waals surface area contributed by atoms with Crippen LogP contribution in [0, 0.1) is 6.92 Å². The SMILES string of the molecule is CCCC[C@H]1C(=O)N(C)[C@@H](COc2cccc(C)c2)C(=O)N[C@@H](CCN)C(=O)N[C@H](CC(=O)NCC(N)=O)CSCC(=O)N[C@@H](Cc2ccc(O)cc2)C(=O)N(C)[C@@H](C)C(=O)N[C@@H](CC(N)=O)C(=O)N2CCC[C@H]2C(=O)N[C@@H](CN)C(=O)N[C@@H](CCC(=O)O)C(=O)N2C[C@H](O)C[C@H]2C(=O)N[C@@H](Cc2c[nH]c3ccccc23)C(=O)N[C@@H](CO)C(=O)N[C@@H](Cc2c[nH]c3ccccc23)C(=O)N1C. The molecule has 17 amide bonds. The van der Waals surface area contributed by atoms with Crippen molar-refractivity contribution < 1.29 is 111 Å². The van der Waals surface area contributed by atoms with Crippen LogP contribution in [0.1, 0.15) is 107 Å². The summed E-state index contributed by atoms with van der Waals surface area (Å²) in [5.41, 5.74) is 26.5. The van der Waals surface area contributed by atoms with Gasteiger partial charge in [-0.1, -0.05) is 80.4 Å². The van der Waals surface area contributed by atoms with E-state index < -0.39 is 268 Å². The Hall–Kier alpha value is -13.8. The highest BCUT2D eigenvalue weighted by Gasteiger charge is 2.47. The Morgan fingerprint density at radius 1 is 0.556 bits per heavy atom. The van der Waals surface area contributed by atoms with Gasteiger partial charge in [-0.3, -0.25) is 86.3 Å². The van der Waals surface area contributed by atoms with Gasteiger partial charge in [-0.25, -0.2) is 0 Å². The molecular weight excluding hydrogens is 1780 g/mol. The number of ether oxygens (including phenoxy) is 1. The molecule has 0 aliphatic carbocycles. The first-order chi connectivity index (χ1) is 64.3. The first-order valence-corrected chi connectivity index (χ1v) is 45.5. The summed E-state index contributed by atoms with van der Waals surface area (Å²) in [5.74, 6) is -19.2. The van der Waals surface area contributed by atoms with Crippen LogP contribution < -0.4 is 80.8 Å². The van der Waals surface area contributed by atoms with E-state index in [0.717, 1.165) is 41.8 Å². The molecule has 45 heteroatoms. The van der Waals surface area contributed by atoms with Crippen LogP contribution in [0.25, 0.3) is 21.8 Å². The van der Waals surface area contributed by atoms with Gasteiger partial charge in [0.05, 0.1) is 31.4 Å². The average molecular weight is 1900 g/mol. The third kappa shape index (κ3) is 29.1. The lowest BCUT2D eigenvalue weighted by Crippen LogP contribution is -2.62. The van der Waals surface area contributed by atoms with Gasteiger partial charge in [0.15, 0.2) is 0 Å². The minimum Gasteiger partial charge on any atom is -0.508 e. The van der Waals surface area contributed by atoms with Crippen molar-refractivity contribution in [2.75, 3.05) is 78.6 Å². The van der Waals surface area contributed by atoms with Gasteiger partial charge in [0.1, 0.15) is 96.6 Å². The van der Waals surface area contributed by atoms with Crippen LogP contribution >= 0.6 is 11.8 Å². The monoisotopic (exact) mass is 1900 g/mol. The number of nitrogens with two attached hydrogens (primary N) is 4. The molecule has 4 aromatic carbocycles. The van der Waals surface area contributed by atoms with Crippen molar-refractivity contribution in [1.29, 1.82) is 0 Å². The largest absolute Gasteiger partial charge is 0.508 e. The van der Waals surface area contributed by atoms with Gasteiger partial charge in [0.2, 0.25) is 100 Å². The summed E-state index contributed by atoms with van der Waals surface area (Å²) in [6.07, 6.45) is -2.28. The number of phenolic OH excluding ortho intramolecular Hbond substituents is 1. The smallest absolute Gasteiger partial charge is 0.303 e. The number of primary amides is 2. The number of aliphatic carboxylic acids is 1. The Morgan fingerprint density at radius 2 is 1.12 bits per heavy atom. The summed E-state index contributed by atoms with van der Waals surface area (Å²) < 4.78 is 6.24. The highest BCUT2D eigenvalue weighted by molar-refractivity contribution is 8.00. The third-order valence-electron chi connectivity index (χ3n) is 23.8. The molecule has 3 aliphatic heterocycles. The van der Waals surface area contributed by atoms with Crippen molar-refractivity contribution in [3.63, 3.8) is 0 Å². The van der Waals surface area contributed by atoms with E-state index >= 15 is 33.6 Å². The predicted octanol–water partition coefficient (Wildman–Crippen LogP) is -4.44. The molecular formula is C90H121N21O23S. The number of para-hydroxylation sites is 2. The Labute approximate surface area is 781 Å². The number of likely N-dealkylation sites (N-methyl/N-ethyl adjacent to an activating group) is 3. The lowest BCUT2D eigenvalue weighted by Gasteiger charge is -2.36. The van der Waals surface area contributed by atoms with Gasteiger partial charge in [-0.05, 0) is 111 Å². The van der Waals surface area contributed by atoms with Crippen molar-refractivity contribution in [1.82, 2.24) is 87.6 Å². The standard InChI is InChI=1S/C90H121N21O23S/c1-7-8-21-70-90(133)109(6)72(45-134-56-16-13-15-48(2)32-56)85(128)100-61(29-30-91)79(122)98-53(36-75(117)97-42-74(94)116)46-135-47-76(118)99-64(33-50-23-25-54(113)26-24-50)86(129)107(4)49(3)78(121)103-66(38-73(93)115)89(132)110-31-14-22-69(110)83(126)105-67(39-92)81(124)101-62(27-28-77(119)120)88(131)111-43-55(114)37-71(111)84(127)102-63(34-51-40-95-59-19-11-9-17-57(51)59)80(123)106-68(44-112)82(125)104-65(87(130)108(70)5)35-52-41-96-60-20-12-10-18-58(52)60/h9-13,15-20,23-26,32,40-41,49,53,55,61-72,95-96,112-114H,7-8,14,21-22,27-31,33-39,42-47,91-92H2,1-6H3,(H2,93,115)(H2,94,116)(H,97,117)(H,98,122)(H,99,118)(H,100,128)(H,101,124)(H,102,127)(H,103,121)(H,104,125)(H,105,126)(H,106,123)(H,119,120)/t49-,53+,55+,61-,62-,63-,64-,65-,66-,67-,68-,69-,70-,71-,72-/m0/s1. The normalized spacial score (nSPS) is 24.7. The molecule has 0 saturated carbocycles. The predicted molar refractivity (Wildman–Crippen MR) is 490 cm³/mol. The molecule has 0 spiro atoms. The summed E-state index contributed by atoms with van der Waals surface area (Å²) in [7, 11) is 3.76. The van der Waals surface area contributed by atoms with Crippen LogP contribution in [0.4, 0.5) is 0 Å². The summed E-state index contributed by atoms with van der Waals surface area (Å²) >= 11 is 0.844. The topological polar surface area (TPSA) is 670 Å². The molecule has 135 heavy (non-hydrogen) atoms. The number of hydrogen-bond acceptors (Lipinski definition) is 25. The molecule has 44 nitrogen and oxygen atoms in total. The number of phenols is 1. The number of hydrogen-bond donors (Lipinski definition) is 20. The van der Waals surface area contributed by atoms with Gasteiger partial charge >= 0.3 is 5.97 Å². The molecule has 0 bridgehead atoms. The minimum absolute atomic E-state index is 0.0702. The maximum Gasteiger partial charge on any atom is 0.303 e. The first-order valence-electron chi connectivity index (χ1n) is 44.3.